The second-order valence-electron chi connectivity index (χ2n) is 8.60. The normalized spacial score (nSPS) is 16.1. The number of aryl methyl sites for hydroxylation is 1. The SMILES string of the molecule is COc1cccc(-c2cc(C(=N)OC(=N)C(C)N)cc(C(=O)N3CCC[C@@H]3c3nc(C)cs3)c2)c1. The number of amides is 1. The highest BCUT2D eigenvalue weighted by Gasteiger charge is 2.33. The molecule has 1 fully saturated rings. The summed E-state index contributed by atoms with van der Waals surface area (Å²) in [6, 6.07) is 12.0. The first kappa shape index (κ1) is 24.6. The fraction of sp³-hybridized carbons (Fsp3) is 0.308. The summed E-state index contributed by atoms with van der Waals surface area (Å²) < 4.78 is 10.7. The summed E-state index contributed by atoms with van der Waals surface area (Å²) in [5, 5.41) is 19.3. The average Bonchev–Trinajstić information content (AvgIpc) is 3.52. The number of hydrogen-bond acceptors (Lipinski definition) is 8. The molecule has 1 aromatic heterocycles. The zero-order chi connectivity index (χ0) is 25.1. The number of thiazole rings is 1. The molecule has 0 bridgehead atoms. The van der Waals surface area contributed by atoms with Gasteiger partial charge in [-0.2, -0.15) is 0 Å². The van der Waals surface area contributed by atoms with E-state index in [1.54, 1.807) is 37.5 Å². The largest absolute Gasteiger partial charge is 0.497 e. The van der Waals surface area contributed by atoms with Crippen molar-refractivity contribution in [1.29, 1.82) is 10.8 Å². The third-order valence-corrected chi connectivity index (χ3v) is 6.97. The lowest BCUT2D eigenvalue weighted by atomic mass is 9.98. The van der Waals surface area contributed by atoms with Gasteiger partial charge in [0.2, 0.25) is 11.8 Å². The number of ether oxygens (including phenoxy) is 2. The van der Waals surface area contributed by atoms with Gasteiger partial charge in [-0.05, 0) is 68.1 Å². The minimum atomic E-state index is -0.648. The molecule has 2 aromatic carbocycles. The number of likely N-dealkylation sites (tertiary alicyclic amines) is 1. The van der Waals surface area contributed by atoms with Crippen molar-refractivity contribution in [3.63, 3.8) is 0 Å². The minimum Gasteiger partial charge on any atom is -0.497 e. The summed E-state index contributed by atoms with van der Waals surface area (Å²) in [5.74, 6) is 0.110. The second-order valence-corrected chi connectivity index (χ2v) is 9.49. The number of nitrogens with zero attached hydrogens (tertiary/aromatic N) is 2. The van der Waals surface area contributed by atoms with Gasteiger partial charge < -0.3 is 20.1 Å². The Hall–Kier alpha value is -3.56. The zero-order valence-electron chi connectivity index (χ0n) is 20.0. The van der Waals surface area contributed by atoms with Gasteiger partial charge in [0.1, 0.15) is 10.8 Å². The van der Waals surface area contributed by atoms with Crippen LogP contribution >= 0.6 is 11.3 Å². The van der Waals surface area contributed by atoms with Crippen molar-refractivity contribution >= 4 is 29.0 Å². The standard InChI is InChI=1S/C26H29N5O3S/c1-15-14-35-25(30-15)22-8-5-9-31(22)26(32)20-11-18(17-6-4-7-21(13-17)33-3)10-19(12-20)24(29)34-23(28)16(2)27/h4,6-7,10-14,16,22,28-29H,5,8-9,27H2,1-3H3/t16?,22-/m1/s1. The Kier molecular flexibility index (Phi) is 7.28. The van der Waals surface area contributed by atoms with Crippen LogP contribution in [0.3, 0.4) is 0 Å². The van der Waals surface area contributed by atoms with E-state index in [2.05, 4.69) is 4.98 Å². The van der Waals surface area contributed by atoms with E-state index < -0.39 is 6.04 Å². The summed E-state index contributed by atoms with van der Waals surface area (Å²) in [6.45, 7) is 4.21. The number of carbonyl (C=O) groups is 1. The first-order valence-corrected chi connectivity index (χ1v) is 12.3. The van der Waals surface area contributed by atoms with Crippen molar-refractivity contribution in [3.8, 4) is 16.9 Å². The Balaban J connectivity index is 1.74. The van der Waals surface area contributed by atoms with Crippen molar-refractivity contribution in [2.75, 3.05) is 13.7 Å². The monoisotopic (exact) mass is 491 g/mol. The molecule has 182 valence electrons. The minimum absolute atomic E-state index is 0.0629. The smallest absolute Gasteiger partial charge is 0.254 e. The third kappa shape index (κ3) is 5.41. The first-order valence-electron chi connectivity index (χ1n) is 11.4. The van der Waals surface area contributed by atoms with Crippen LogP contribution < -0.4 is 10.5 Å². The number of nitrogens with two attached hydrogens (primary N) is 1. The molecule has 9 heteroatoms. The molecule has 1 unspecified atom stereocenters. The summed E-state index contributed by atoms with van der Waals surface area (Å²) in [5.41, 5.74) is 9.09. The van der Waals surface area contributed by atoms with Crippen molar-refractivity contribution in [1.82, 2.24) is 9.88 Å². The van der Waals surface area contributed by atoms with Crippen LogP contribution in [0.1, 0.15) is 52.4 Å². The maximum atomic E-state index is 13.8. The van der Waals surface area contributed by atoms with Crippen LogP contribution in [0.25, 0.3) is 11.1 Å². The number of nitrogens with one attached hydrogen (secondary N) is 2. The van der Waals surface area contributed by atoms with E-state index in [1.165, 1.54) is 0 Å². The average molecular weight is 492 g/mol. The summed E-state index contributed by atoms with van der Waals surface area (Å²) >= 11 is 1.58. The Morgan fingerprint density at radius 1 is 1.20 bits per heavy atom. The highest BCUT2D eigenvalue weighted by Crippen LogP contribution is 2.35. The van der Waals surface area contributed by atoms with Crippen LogP contribution in [0.5, 0.6) is 5.75 Å². The molecule has 0 aliphatic carbocycles. The van der Waals surface area contributed by atoms with Crippen LogP contribution in [0.4, 0.5) is 0 Å². The molecule has 2 heterocycles. The van der Waals surface area contributed by atoms with Crippen LogP contribution in [-0.4, -0.2) is 47.3 Å². The summed E-state index contributed by atoms with van der Waals surface area (Å²) in [4.78, 5) is 20.2. The molecule has 2 atom stereocenters. The molecule has 8 nitrogen and oxygen atoms in total. The molecule has 1 aliphatic heterocycles. The van der Waals surface area contributed by atoms with E-state index in [9.17, 15) is 4.79 Å². The van der Waals surface area contributed by atoms with Gasteiger partial charge in [-0.1, -0.05) is 12.1 Å². The van der Waals surface area contributed by atoms with Gasteiger partial charge in [0, 0.05) is 28.7 Å². The lowest BCUT2D eigenvalue weighted by Crippen LogP contribution is -2.31. The van der Waals surface area contributed by atoms with Gasteiger partial charge in [0.25, 0.3) is 5.91 Å². The van der Waals surface area contributed by atoms with Crippen molar-refractivity contribution in [2.45, 2.75) is 38.8 Å². The quantitative estimate of drug-likeness (QED) is 0.338. The lowest BCUT2D eigenvalue weighted by molar-refractivity contribution is 0.0735. The van der Waals surface area contributed by atoms with Gasteiger partial charge in [-0.25, -0.2) is 4.98 Å². The summed E-state index contributed by atoms with van der Waals surface area (Å²) in [6.07, 6.45) is 1.77. The molecule has 4 N–H and O–H groups in total. The number of hydrogen-bond donors (Lipinski definition) is 3. The van der Waals surface area contributed by atoms with E-state index in [4.69, 9.17) is 26.0 Å². The highest BCUT2D eigenvalue weighted by atomic mass is 32.1. The molecule has 0 saturated carbocycles. The molecule has 1 aliphatic rings. The van der Waals surface area contributed by atoms with Crippen LogP contribution in [0.15, 0.2) is 47.8 Å². The van der Waals surface area contributed by atoms with Crippen LogP contribution in [0.2, 0.25) is 0 Å². The molecule has 4 rings (SSSR count). The first-order chi connectivity index (χ1) is 16.8. The fourth-order valence-corrected chi connectivity index (χ4v) is 5.01. The van der Waals surface area contributed by atoms with Gasteiger partial charge in [0.15, 0.2) is 0 Å². The maximum Gasteiger partial charge on any atom is 0.254 e. The van der Waals surface area contributed by atoms with E-state index >= 15 is 0 Å². The predicted molar refractivity (Wildman–Crippen MR) is 138 cm³/mol. The van der Waals surface area contributed by atoms with E-state index in [1.807, 2.05) is 47.5 Å². The number of rotatable bonds is 6. The molecule has 1 amide bonds. The van der Waals surface area contributed by atoms with Crippen LogP contribution in [-0.2, 0) is 4.74 Å². The maximum absolute atomic E-state index is 13.8. The molecule has 1 saturated heterocycles. The molecule has 0 radical (unpaired) electrons. The number of aromatic nitrogens is 1. The van der Waals surface area contributed by atoms with E-state index in [-0.39, 0.29) is 23.7 Å². The Labute approximate surface area is 208 Å². The number of methoxy groups -OCH3 is 1. The zero-order valence-corrected chi connectivity index (χ0v) is 20.8. The number of carbonyl (C=O) groups excluding carboxylic acids is 1. The van der Waals surface area contributed by atoms with Gasteiger partial charge in [-0.3, -0.25) is 15.6 Å². The van der Waals surface area contributed by atoms with Gasteiger partial charge >= 0.3 is 0 Å². The van der Waals surface area contributed by atoms with E-state index in [0.717, 1.165) is 34.7 Å². The van der Waals surface area contributed by atoms with Gasteiger partial charge in [-0.15, -0.1) is 11.3 Å². The van der Waals surface area contributed by atoms with Crippen molar-refractivity contribution < 1.29 is 14.3 Å². The molecule has 35 heavy (non-hydrogen) atoms. The predicted octanol–water partition coefficient (Wildman–Crippen LogP) is 4.77. The van der Waals surface area contributed by atoms with Crippen molar-refractivity contribution in [2.24, 2.45) is 5.73 Å². The molecule has 3 aromatic rings. The van der Waals surface area contributed by atoms with E-state index in [0.29, 0.717) is 23.4 Å². The van der Waals surface area contributed by atoms with Crippen LogP contribution in [0, 0.1) is 17.7 Å². The number of benzene rings is 2. The fourth-order valence-electron chi connectivity index (χ4n) is 4.07. The third-order valence-electron chi connectivity index (χ3n) is 5.91. The molecular weight excluding hydrogens is 462 g/mol. The molecule has 0 spiro atoms. The Bertz CT molecular complexity index is 1270. The summed E-state index contributed by atoms with van der Waals surface area (Å²) in [7, 11) is 1.60. The molecular formula is C26H29N5O3S. The topological polar surface area (TPSA) is 125 Å². The Morgan fingerprint density at radius 3 is 2.66 bits per heavy atom. The highest BCUT2D eigenvalue weighted by molar-refractivity contribution is 7.09. The van der Waals surface area contributed by atoms with Crippen molar-refractivity contribution in [3.05, 3.63) is 69.7 Å². The Morgan fingerprint density at radius 2 is 1.97 bits per heavy atom. The van der Waals surface area contributed by atoms with Gasteiger partial charge in [0.05, 0.1) is 19.2 Å². The second kappa shape index (κ2) is 10.4. The lowest BCUT2D eigenvalue weighted by Gasteiger charge is -2.24.